The summed E-state index contributed by atoms with van der Waals surface area (Å²) in [4.78, 5) is 0. The molecule has 0 aromatic rings. The summed E-state index contributed by atoms with van der Waals surface area (Å²) in [5, 5.41) is 35.5. The van der Waals surface area contributed by atoms with Crippen molar-refractivity contribution in [2.45, 2.75) is 31.0 Å². The Morgan fingerprint density at radius 3 is 2.36 bits per heavy atom. The first-order chi connectivity index (χ1) is 5.15. The first-order valence-electron chi connectivity index (χ1n) is 3.45. The minimum atomic E-state index is -1.30. The third-order valence-corrected chi connectivity index (χ3v) is 1.74. The van der Waals surface area contributed by atoms with Gasteiger partial charge in [0.05, 0.1) is 12.7 Å². The van der Waals surface area contributed by atoms with E-state index in [1.54, 1.807) is 0 Å². The van der Waals surface area contributed by atoms with Gasteiger partial charge in [0, 0.05) is 6.42 Å². The summed E-state index contributed by atoms with van der Waals surface area (Å²) in [7, 11) is 0. The van der Waals surface area contributed by atoms with Gasteiger partial charge >= 0.3 is 0 Å². The molecule has 0 bridgehead atoms. The number of rotatable bonds is 1. The largest absolute Gasteiger partial charge is 0.394 e. The van der Waals surface area contributed by atoms with Crippen LogP contribution in [0.15, 0.2) is 0 Å². The second-order valence-electron chi connectivity index (χ2n) is 2.62. The SMILES string of the molecule is OCC1OC(O)C(O)CC1O. The Bertz CT molecular complexity index is 128. The lowest BCUT2D eigenvalue weighted by molar-refractivity contribution is -0.251. The van der Waals surface area contributed by atoms with Crippen molar-refractivity contribution in [3.63, 3.8) is 0 Å². The first kappa shape index (κ1) is 8.89. The van der Waals surface area contributed by atoms with Crippen LogP contribution in [-0.2, 0) is 4.74 Å². The molecule has 4 atom stereocenters. The molecule has 0 aromatic heterocycles. The predicted molar refractivity (Wildman–Crippen MR) is 34.6 cm³/mol. The Kier molecular flexibility index (Phi) is 2.80. The van der Waals surface area contributed by atoms with E-state index in [2.05, 4.69) is 4.74 Å². The van der Waals surface area contributed by atoms with Crippen molar-refractivity contribution in [1.29, 1.82) is 0 Å². The lowest BCUT2D eigenvalue weighted by Gasteiger charge is -2.33. The van der Waals surface area contributed by atoms with Crippen LogP contribution in [-0.4, -0.2) is 51.6 Å². The zero-order chi connectivity index (χ0) is 8.43. The molecule has 1 fully saturated rings. The summed E-state index contributed by atoms with van der Waals surface area (Å²) in [6, 6.07) is 0. The number of aliphatic hydroxyl groups is 4. The van der Waals surface area contributed by atoms with Gasteiger partial charge in [-0.3, -0.25) is 0 Å². The quantitative estimate of drug-likeness (QED) is 0.353. The molecule has 1 saturated heterocycles. The Labute approximate surface area is 63.8 Å². The van der Waals surface area contributed by atoms with Crippen LogP contribution in [0.5, 0.6) is 0 Å². The Hall–Kier alpha value is -0.200. The van der Waals surface area contributed by atoms with Crippen molar-refractivity contribution in [3.05, 3.63) is 0 Å². The molecule has 0 aromatic carbocycles. The van der Waals surface area contributed by atoms with Crippen molar-refractivity contribution < 1.29 is 25.2 Å². The van der Waals surface area contributed by atoms with Gasteiger partial charge in [-0.2, -0.15) is 0 Å². The summed E-state index contributed by atoms with van der Waals surface area (Å²) in [6.07, 6.45) is -4.01. The van der Waals surface area contributed by atoms with Crippen LogP contribution in [0.4, 0.5) is 0 Å². The average Bonchev–Trinajstić information content (AvgIpc) is 1.97. The fraction of sp³-hybridized carbons (Fsp3) is 1.00. The maximum absolute atomic E-state index is 9.10. The van der Waals surface area contributed by atoms with Gasteiger partial charge in [0.25, 0.3) is 0 Å². The van der Waals surface area contributed by atoms with Crippen LogP contribution in [0.3, 0.4) is 0 Å². The van der Waals surface area contributed by atoms with Crippen molar-refractivity contribution >= 4 is 0 Å². The topological polar surface area (TPSA) is 90.2 Å². The summed E-state index contributed by atoms with van der Waals surface area (Å²) in [5.74, 6) is 0. The molecule has 66 valence electrons. The Balaban J connectivity index is 2.48. The van der Waals surface area contributed by atoms with Crippen LogP contribution >= 0.6 is 0 Å². The molecule has 5 heteroatoms. The third kappa shape index (κ3) is 1.88. The van der Waals surface area contributed by atoms with Gasteiger partial charge in [0.1, 0.15) is 12.2 Å². The third-order valence-electron chi connectivity index (χ3n) is 1.74. The van der Waals surface area contributed by atoms with Gasteiger partial charge in [-0.05, 0) is 0 Å². The monoisotopic (exact) mass is 164 g/mol. The molecule has 1 aliphatic rings. The maximum atomic E-state index is 9.10. The van der Waals surface area contributed by atoms with Crippen molar-refractivity contribution in [3.8, 4) is 0 Å². The van der Waals surface area contributed by atoms with Crippen molar-refractivity contribution in [1.82, 2.24) is 0 Å². The zero-order valence-corrected chi connectivity index (χ0v) is 5.92. The molecule has 0 saturated carbocycles. The second kappa shape index (κ2) is 3.46. The van der Waals surface area contributed by atoms with E-state index in [4.69, 9.17) is 20.4 Å². The Morgan fingerprint density at radius 2 is 1.82 bits per heavy atom. The molecule has 4 N–H and O–H groups in total. The van der Waals surface area contributed by atoms with E-state index in [-0.39, 0.29) is 13.0 Å². The zero-order valence-electron chi connectivity index (χ0n) is 5.92. The van der Waals surface area contributed by atoms with Gasteiger partial charge in [-0.25, -0.2) is 0 Å². The van der Waals surface area contributed by atoms with Gasteiger partial charge in [-0.1, -0.05) is 0 Å². The summed E-state index contributed by atoms with van der Waals surface area (Å²) in [6.45, 7) is -0.356. The highest BCUT2D eigenvalue weighted by Crippen LogP contribution is 2.18. The molecule has 0 radical (unpaired) electrons. The summed E-state index contributed by atoms with van der Waals surface area (Å²) >= 11 is 0. The van der Waals surface area contributed by atoms with E-state index in [1.807, 2.05) is 0 Å². The highest BCUT2D eigenvalue weighted by atomic mass is 16.6. The summed E-state index contributed by atoms with van der Waals surface area (Å²) < 4.78 is 4.67. The summed E-state index contributed by atoms with van der Waals surface area (Å²) in [5.41, 5.74) is 0. The fourth-order valence-electron chi connectivity index (χ4n) is 1.04. The molecule has 0 aliphatic carbocycles. The predicted octanol–water partition coefficient (Wildman–Crippen LogP) is -2.19. The molecule has 0 spiro atoms. The molecule has 1 heterocycles. The molecule has 4 unspecified atom stereocenters. The number of hydrogen-bond acceptors (Lipinski definition) is 5. The number of hydrogen-bond donors (Lipinski definition) is 4. The lowest BCUT2D eigenvalue weighted by Crippen LogP contribution is -2.48. The average molecular weight is 164 g/mol. The van der Waals surface area contributed by atoms with E-state index in [9.17, 15) is 0 Å². The van der Waals surface area contributed by atoms with E-state index >= 15 is 0 Å². The smallest absolute Gasteiger partial charge is 0.181 e. The van der Waals surface area contributed by atoms with Gasteiger partial charge < -0.3 is 25.2 Å². The fourth-order valence-corrected chi connectivity index (χ4v) is 1.04. The maximum Gasteiger partial charge on any atom is 0.181 e. The highest BCUT2D eigenvalue weighted by molar-refractivity contribution is 4.79. The van der Waals surface area contributed by atoms with E-state index in [1.165, 1.54) is 0 Å². The van der Waals surface area contributed by atoms with Crippen LogP contribution in [0.25, 0.3) is 0 Å². The lowest BCUT2D eigenvalue weighted by atomic mass is 10.0. The van der Waals surface area contributed by atoms with Crippen molar-refractivity contribution in [2.24, 2.45) is 0 Å². The van der Waals surface area contributed by atoms with E-state index in [0.717, 1.165) is 0 Å². The molecule has 5 nitrogen and oxygen atoms in total. The van der Waals surface area contributed by atoms with Gasteiger partial charge in [-0.15, -0.1) is 0 Å². The van der Waals surface area contributed by atoms with E-state index in [0.29, 0.717) is 0 Å². The molecule has 1 aliphatic heterocycles. The number of ether oxygens (including phenoxy) is 1. The van der Waals surface area contributed by atoms with Gasteiger partial charge in [0.15, 0.2) is 6.29 Å². The van der Waals surface area contributed by atoms with E-state index < -0.39 is 24.6 Å². The molecular formula is C6H12O5. The van der Waals surface area contributed by atoms with Crippen LogP contribution < -0.4 is 0 Å². The van der Waals surface area contributed by atoms with Crippen LogP contribution in [0.2, 0.25) is 0 Å². The molecule has 0 amide bonds. The molecule has 1 rings (SSSR count). The minimum absolute atomic E-state index is 0.0341. The molecule has 11 heavy (non-hydrogen) atoms. The first-order valence-corrected chi connectivity index (χ1v) is 3.45. The standard InChI is InChI=1S/C6H12O5/c7-2-5-3(8)1-4(9)6(10)11-5/h3-10H,1-2H2. The normalized spacial score (nSPS) is 45.8. The van der Waals surface area contributed by atoms with Crippen LogP contribution in [0, 0.1) is 0 Å². The minimum Gasteiger partial charge on any atom is -0.394 e. The highest BCUT2D eigenvalue weighted by Gasteiger charge is 2.34. The molecular weight excluding hydrogens is 152 g/mol. The van der Waals surface area contributed by atoms with Gasteiger partial charge in [0.2, 0.25) is 0 Å². The Morgan fingerprint density at radius 1 is 1.18 bits per heavy atom. The number of aliphatic hydroxyl groups excluding tert-OH is 4. The second-order valence-corrected chi connectivity index (χ2v) is 2.62. The van der Waals surface area contributed by atoms with Crippen LogP contribution in [0.1, 0.15) is 6.42 Å². The van der Waals surface area contributed by atoms with Crippen molar-refractivity contribution in [2.75, 3.05) is 6.61 Å².